The van der Waals surface area contributed by atoms with Crippen LogP contribution in [0.25, 0.3) is 11.0 Å². The first-order valence-corrected chi connectivity index (χ1v) is 12.7. The van der Waals surface area contributed by atoms with Crippen molar-refractivity contribution in [3.63, 3.8) is 0 Å². The molecule has 0 fully saturated rings. The monoisotopic (exact) mass is 500 g/mol. The second kappa shape index (κ2) is 11.0. The Bertz CT molecular complexity index is 1380. The summed E-state index contributed by atoms with van der Waals surface area (Å²) >= 11 is 0. The van der Waals surface area contributed by atoms with E-state index in [1.807, 2.05) is 54.6 Å². The van der Waals surface area contributed by atoms with E-state index in [4.69, 9.17) is 9.72 Å². The normalized spacial score (nSPS) is 11.6. The molecule has 0 radical (unpaired) electrons. The predicted molar refractivity (Wildman–Crippen MR) is 150 cm³/mol. The number of benzene rings is 2. The van der Waals surface area contributed by atoms with Crippen molar-refractivity contribution in [2.75, 3.05) is 30.3 Å². The van der Waals surface area contributed by atoms with Crippen LogP contribution in [0.5, 0.6) is 11.5 Å². The molecule has 1 amide bonds. The van der Waals surface area contributed by atoms with E-state index < -0.39 is 0 Å². The molecule has 0 aliphatic rings. The van der Waals surface area contributed by atoms with Gasteiger partial charge >= 0.3 is 0 Å². The topological polar surface area (TPSA) is 84.3 Å². The zero-order chi connectivity index (χ0) is 26.6. The van der Waals surface area contributed by atoms with Gasteiger partial charge in [0.05, 0.1) is 17.6 Å². The highest BCUT2D eigenvalue weighted by molar-refractivity contribution is 5.91. The third-order valence-corrected chi connectivity index (χ3v) is 6.33. The SMILES string of the molecule is CCN(CC)CC(=O)Nc1cc(Oc2ccc3c(c2)nc(Nc2cccc(C(C)(C)C)c2)n3C)ccn1. The first-order valence-electron chi connectivity index (χ1n) is 12.7. The van der Waals surface area contributed by atoms with Crippen LogP contribution in [0.4, 0.5) is 17.5 Å². The highest BCUT2D eigenvalue weighted by Gasteiger charge is 2.15. The fourth-order valence-corrected chi connectivity index (χ4v) is 4.06. The Kier molecular flexibility index (Phi) is 7.78. The van der Waals surface area contributed by atoms with Crippen LogP contribution >= 0.6 is 0 Å². The average molecular weight is 501 g/mol. The summed E-state index contributed by atoms with van der Waals surface area (Å²) in [5.41, 5.74) is 4.12. The molecular weight excluding hydrogens is 464 g/mol. The lowest BCUT2D eigenvalue weighted by molar-refractivity contribution is -0.117. The number of nitrogens with zero attached hydrogens (tertiary/aromatic N) is 4. The van der Waals surface area contributed by atoms with Crippen molar-refractivity contribution in [2.24, 2.45) is 7.05 Å². The Morgan fingerprint density at radius 2 is 1.78 bits per heavy atom. The van der Waals surface area contributed by atoms with Crippen molar-refractivity contribution in [2.45, 2.75) is 40.0 Å². The Balaban J connectivity index is 1.49. The van der Waals surface area contributed by atoms with E-state index in [0.29, 0.717) is 23.9 Å². The van der Waals surface area contributed by atoms with Crippen LogP contribution in [0, 0.1) is 0 Å². The fraction of sp³-hybridized carbons (Fsp3) is 0.345. The van der Waals surface area contributed by atoms with Gasteiger partial charge in [0.1, 0.15) is 17.3 Å². The molecular formula is C29H36N6O2. The van der Waals surface area contributed by atoms with Crippen molar-refractivity contribution in [1.82, 2.24) is 19.4 Å². The maximum absolute atomic E-state index is 12.3. The van der Waals surface area contributed by atoms with E-state index in [0.717, 1.165) is 35.8 Å². The quantitative estimate of drug-likeness (QED) is 0.290. The van der Waals surface area contributed by atoms with Crippen LogP contribution in [0.2, 0.25) is 0 Å². The fourth-order valence-electron chi connectivity index (χ4n) is 4.06. The number of fused-ring (bicyclic) bond motifs is 1. The minimum Gasteiger partial charge on any atom is -0.457 e. The second-order valence-corrected chi connectivity index (χ2v) is 10.1. The van der Waals surface area contributed by atoms with E-state index in [-0.39, 0.29) is 11.3 Å². The van der Waals surface area contributed by atoms with Crippen molar-refractivity contribution >= 4 is 34.4 Å². The first kappa shape index (κ1) is 26.2. The average Bonchev–Trinajstić information content (AvgIpc) is 3.16. The van der Waals surface area contributed by atoms with Crippen molar-refractivity contribution in [3.8, 4) is 11.5 Å². The minimum absolute atomic E-state index is 0.0667. The summed E-state index contributed by atoms with van der Waals surface area (Å²) in [6.07, 6.45) is 1.62. The molecule has 0 bridgehead atoms. The zero-order valence-corrected chi connectivity index (χ0v) is 22.5. The number of ether oxygens (including phenoxy) is 1. The van der Waals surface area contributed by atoms with Gasteiger partial charge in [0.15, 0.2) is 0 Å². The number of pyridine rings is 1. The highest BCUT2D eigenvalue weighted by Crippen LogP contribution is 2.30. The zero-order valence-electron chi connectivity index (χ0n) is 22.5. The summed E-state index contributed by atoms with van der Waals surface area (Å²) < 4.78 is 8.11. The van der Waals surface area contributed by atoms with Gasteiger partial charge < -0.3 is 19.9 Å². The number of aryl methyl sites for hydroxylation is 1. The van der Waals surface area contributed by atoms with Crippen molar-refractivity contribution in [1.29, 1.82) is 0 Å². The van der Waals surface area contributed by atoms with Gasteiger partial charge in [-0.1, -0.05) is 46.8 Å². The lowest BCUT2D eigenvalue weighted by Gasteiger charge is -2.20. The summed E-state index contributed by atoms with van der Waals surface area (Å²) in [5, 5.41) is 6.30. The number of imidazole rings is 1. The van der Waals surface area contributed by atoms with Gasteiger partial charge in [0, 0.05) is 31.1 Å². The molecule has 2 heterocycles. The third-order valence-electron chi connectivity index (χ3n) is 6.33. The van der Waals surface area contributed by atoms with Gasteiger partial charge in [0.25, 0.3) is 0 Å². The number of likely N-dealkylation sites (N-methyl/N-ethyl adjacent to an activating group) is 1. The number of hydrogen-bond donors (Lipinski definition) is 2. The summed E-state index contributed by atoms with van der Waals surface area (Å²) in [6.45, 7) is 12.6. The third kappa shape index (κ3) is 6.46. The lowest BCUT2D eigenvalue weighted by Crippen LogP contribution is -2.33. The molecule has 2 aromatic carbocycles. The molecule has 0 spiro atoms. The van der Waals surface area contributed by atoms with Crippen LogP contribution < -0.4 is 15.4 Å². The number of carbonyl (C=O) groups is 1. The molecule has 4 aromatic rings. The van der Waals surface area contributed by atoms with Gasteiger partial charge in [-0.05, 0) is 54.4 Å². The van der Waals surface area contributed by atoms with E-state index in [9.17, 15) is 4.79 Å². The molecule has 0 saturated carbocycles. The summed E-state index contributed by atoms with van der Waals surface area (Å²) in [5.74, 6) is 2.34. The molecule has 0 aliphatic carbocycles. The Morgan fingerprint density at radius 3 is 2.51 bits per heavy atom. The maximum atomic E-state index is 12.3. The van der Waals surface area contributed by atoms with Crippen LogP contribution in [-0.4, -0.2) is 45.0 Å². The summed E-state index contributed by atoms with van der Waals surface area (Å²) in [4.78, 5) is 23.4. The van der Waals surface area contributed by atoms with E-state index in [1.165, 1.54) is 5.56 Å². The number of amides is 1. The number of hydrogen-bond acceptors (Lipinski definition) is 6. The van der Waals surface area contributed by atoms with Gasteiger partial charge in [0.2, 0.25) is 11.9 Å². The molecule has 37 heavy (non-hydrogen) atoms. The number of anilines is 3. The molecule has 0 aliphatic heterocycles. The van der Waals surface area contributed by atoms with E-state index >= 15 is 0 Å². The molecule has 8 heteroatoms. The van der Waals surface area contributed by atoms with Crippen molar-refractivity contribution < 1.29 is 9.53 Å². The van der Waals surface area contributed by atoms with Gasteiger partial charge in [-0.2, -0.15) is 0 Å². The summed E-state index contributed by atoms with van der Waals surface area (Å²) in [7, 11) is 1.99. The molecule has 0 atom stereocenters. The second-order valence-electron chi connectivity index (χ2n) is 10.1. The molecule has 4 rings (SSSR count). The highest BCUT2D eigenvalue weighted by atomic mass is 16.5. The number of rotatable bonds is 9. The predicted octanol–water partition coefficient (Wildman–Crippen LogP) is 6.08. The van der Waals surface area contributed by atoms with E-state index in [1.54, 1.807) is 18.3 Å². The molecule has 194 valence electrons. The standard InChI is InChI=1S/C29H36N6O2/c1-7-35(8-2)19-27(36)33-26-18-23(14-15-30-26)37-22-12-13-25-24(17-22)32-28(34(25)6)31-21-11-9-10-20(16-21)29(3,4)5/h9-18H,7-8,19H2,1-6H3,(H,31,32)(H,30,33,36). The Hall–Kier alpha value is -3.91. The Morgan fingerprint density at radius 1 is 1.03 bits per heavy atom. The largest absolute Gasteiger partial charge is 0.457 e. The lowest BCUT2D eigenvalue weighted by atomic mass is 9.87. The smallest absolute Gasteiger partial charge is 0.239 e. The van der Waals surface area contributed by atoms with Crippen LogP contribution in [0.3, 0.4) is 0 Å². The number of carbonyl (C=O) groups excluding carboxylic acids is 1. The van der Waals surface area contributed by atoms with Gasteiger partial charge in [-0.25, -0.2) is 9.97 Å². The molecule has 0 unspecified atom stereocenters. The first-order chi connectivity index (χ1) is 17.7. The number of nitrogens with one attached hydrogen (secondary N) is 2. The van der Waals surface area contributed by atoms with Crippen LogP contribution in [0.15, 0.2) is 60.8 Å². The number of aromatic nitrogens is 3. The molecule has 0 saturated heterocycles. The van der Waals surface area contributed by atoms with Crippen LogP contribution in [-0.2, 0) is 17.3 Å². The van der Waals surface area contributed by atoms with Crippen molar-refractivity contribution in [3.05, 3.63) is 66.4 Å². The molecule has 2 N–H and O–H groups in total. The van der Waals surface area contributed by atoms with Gasteiger partial charge in [-0.15, -0.1) is 0 Å². The minimum atomic E-state index is -0.101. The van der Waals surface area contributed by atoms with E-state index in [2.05, 4.69) is 54.6 Å². The Labute approximate surface area is 218 Å². The maximum Gasteiger partial charge on any atom is 0.239 e. The molecule has 2 aromatic heterocycles. The molecule has 8 nitrogen and oxygen atoms in total. The van der Waals surface area contributed by atoms with Gasteiger partial charge in [-0.3, -0.25) is 9.69 Å². The summed E-state index contributed by atoms with van der Waals surface area (Å²) in [6, 6.07) is 17.7. The van der Waals surface area contributed by atoms with Crippen LogP contribution in [0.1, 0.15) is 40.2 Å².